The van der Waals surface area contributed by atoms with E-state index in [1.807, 2.05) is 12.1 Å². The third-order valence-corrected chi connectivity index (χ3v) is 3.49. The fraction of sp³-hybridized carbons (Fsp3) is 0.308. The first-order valence-corrected chi connectivity index (χ1v) is 6.05. The van der Waals surface area contributed by atoms with Crippen LogP contribution in [0.3, 0.4) is 0 Å². The van der Waals surface area contributed by atoms with Crippen molar-refractivity contribution in [3.8, 4) is 0 Å². The fourth-order valence-corrected chi connectivity index (χ4v) is 2.31. The molecule has 0 bridgehead atoms. The third-order valence-electron chi connectivity index (χ3n) is 2.66. The summed E-state index contributed by atoms with van der Waals surface area (Å²) in [5.41, 5.74) is 2.55. The first-order valence-electron chi connectivity index (χ1n) is 5.26. The van der Waals surface area contributed by atoms with E-state index in [-0.39, 0.29) is 12.1 Å². The number of allylic oxidation sites excluding steroid dienone is 1. The zero-order chi connectivity index (χ0) is 11.5. The molecular formula is C13H13BrO2. The van der Waals surface area contributed by atoms with Gasteiger partial charge in [-0.15, -0.1) is 0 Å². The van der Waals surface area contributed by atoms with Gasteiger partial charge in [0.25, 0.3) is 0 Å². The van der Waals surface area contributed by atoms with Crippen LogP contribution in [0.2, 0.25) is 0 Å². The van der Waals surface area contributed by atoms with Gasteiger partial charge in [0.05, 0.1) is 0 Å². The van der Waals surface area contributed by atoms with Crippen LogP contribution in [-0.2, 0) is 22.4 Å². The highest BCUT2D eigenvalue weighted by molar-refractivity contribution is 9.11. The maximum atomic E-state index is 11.0. The van der Waals surface area contributed by atoms with E-state index in [0.717, 1.165) is 17.3 Å². The molecule has 16 heavy (non-hydrogen) atoms. The molecule has 0 fully saturated rings. The number of rotatable bonds is 1. The molecule has 1 aromatic rings. The van der Waals surface area contributed by atoms with Crippen molar-refractivity contribution in [2.75, 3.05) is 0 Å². The van der Waals surface area contributed by atoms with Crippen LogP contribution >= 0.6 is 15.9 Å². The fourth-order valence-electron chi connectivity index (χ4n) is 1.89. The highest BCUT2D eigenvalue weighted by atomic mass is 79.9. The lowest BCUT2D eigenvalue weighted by Gasteiger charge is -2.15. The Morgan fingerprint density at radius 3 is 2.75 bits per heavy atom. The van der Waals surface area contributed by atoms with Gasteiger partial charge in [-0.2, -0.15) is 0 Å². The second-order valence-corrected chi connectivity index (χ2v) is 4.78. The van der Waals surface area contributed by atoms with Gasteiger partial charge in [-0.1, -0.05) is 46.3 Å². The maximum Gasteiger partial charge on any atom is 0.303 e. The van der Waals surface area contributed by atoms with E-state index in [0.29, 0.717) is 0 Å². The van der Waals surface area contributed by atoms with Gasteiger partial charge >= 0.3 is 5.97 Å². The van der Waals surface area contributed by atoms with Crippen LogP contribution in [-0.4, -0.2) is 12.1 Å². The quantitative estimate of drug-likeness (QED) is 0.740. The third kappa shape index (κ3) is 2.53. The Labute approximate surface area is 103 Å². The molecule has 0 amide bonds. The number of ether oxygens (including phenoxy) is 1. The molecule has 0 radical (unpaired) electrons. The van der Waals surface area contributed by atoms with Gasteiger partial charge in [-0.05, 0) is 17.5 Å². The lowest BCUT2D eigenvalue weighted by atomic mass is 10.0. The minimum atomic E-state index is -0.241. The van der Waals surface area contributed by atoms with E-state index in [9.17, 15) is 4.79 Å². The van der Waals surface area contributed by atoms with E-state index in [2.05, 4.69) is 34.1 Å². The van der Waals surface area contributed by atoms with Crippen molar-refractivity contribution >= 4 is 21.9 Å². The summed E-state index contributed by atoms with van der Waals surface area (Å²) in [5.74, 6) is -0.241. The Morgan fingerprint density at radius 1 is 1.38 bits per heavy atom. The Morgan fingerprint density at radius 2 is 2.06 bits per heavy atom. The minimum Gasteiger partial charge on any atom is -0.457 e. The molecule has 0 spiro atoms. The number of hydrogen-bond acceptors (Lipinski definition) is 2. The highest BCUT2D eigenvalue weighted by Crippen LogP contribution is 2.26. The van der Waals surface area contributed by atoms with E-state index in [1.54, 1.807) is 0 Å². The standard InChI is InChI=1S/C13H13BrO2/c1-9(15)16-13-8-11-5-3-2-4-10(11)6-7-12(13)14/h2-5,7,13H,6,8H2,1H3. The van der Waals surface area contributed by atoms with Crippen LogP contribution < -0.4 is 0 Å². The summed E-state index contributed by atoms with van der Waals surface area (Å²) in [5, 5.41) is 0. The average molecular weight is 281 g/mol. The number of benzene rings is 1. The second-order valence-electron chi connectivity index (χ2n) is 3.86. The minimum absolute atomic E-state index is 0.179. The smallest absolute Gasteiger partial charge is 0.303 e. The van der Waals surface area contributed by atoms with E-state index < -0.39 is 0 Å². The Kier molecular flexibility index (Phi) is 3.44. The van der Waals surface area contributed by atoms with Gasteiger partial charge < -0.3 is 4.74 Å². The van der Waals surface area contributed by atoms with Gasteiger partial charge in [-0.3, -0.25) is 4.79 Å². The normalized spacial score (nSPS) is 19.4. The first-order chi connectivity index (χ1) is 7.66. The average Bonchev–Trinajstić information content (AvgIpc) is 2.39. The molecule has 0 saturated carbocycles. The summed E-state index contributed by atoms with van der Waals surface area (Å²) in [6, 6.07) is 8.25. The van der Waals surface area contributed by atoms with Crippen LogP contribution in [0.4, 0.5) is 0 Å². The van der Waals surface area contributed by atoms with Crippen molar-refractivity contribution in [3.05, 3.63) is 46.0 Å². The molecule has 1 aliphatic rings. The molecule has 0 heterocycles. The zero-order valence-corrected chi connectivity index (χ0v) is 10.7. The number of carbonyl (C=O) groups is 1. The van der Waals surface area contributed by atoms with Crippen LogP contribution in [0.1, 0.15) is 18.1 Å². The molecule has 2 nitrogen and oxygen atoms in total. The Hall–Kier alpha value is -1.09. The lowest BCUT2D eigenvalue weighted by Crippen LogP contribution is -2.18. The van der Waals surface area contributed by atoms with Gasteiger partial charge in [-0.25, -0.2) is 0 Å². The van der Waals surface area contributed by atoms with E-state index >= 15 is 0 Å². The molecule has 2 rings (SSSR count). The number of hydrogen-bond donors (Lipinski definition) is 0. The molecule has 84 valence electrons. The molecule has 1 aliphatic carbocycles. The van der Waals surface area contributed by atoms with Gasteiger partial charge in [0, 0.05) is 17.8 Å². The number of halogens is 1. The predicted molar refractivity (Wildman–Crippen MR) is 66.4 cm³/mol. The summed E-state index contributed by atoms with van der Waals surface area (Å²) in [6.07, 6.45) is 3.52. The Balaban J connectivity index is 2.27. The predicted octanol–water partition coefficient (Wildman–Crippen LogP) is 3.00. The summed E-state index contributed by atoms with van der Waals surface area (Å²) in [7, 11) is 0. The highest BCUT2D eigenvalue weighted by Gasteiger charge is 2.20. The number of carbonyl (C=O) groups excluding carboxylic acids is 1. The van der Waals surface area contributed by atoms with Gasteiger partial charge in [0.15, 0.2) is 0 Å². The van der Waals surface area contributed by atoms with Crippen molar-refractivity contribution in [2.45, 2.75) is 25.9 Å². The molecule has 1 atom stereocenters. The molecule has 0 saturated heterocycles. The van der Waals surface area contributed by atoms with Crippen molar-refractivity contribution in [3.63, 3.8) is 0 Å². The summed E-state index contributed by atoms with van der Waals surface area (Å²) in [4.78, 5) is 11.0. The van der Waals surface area contributed by atoms with Crippen LogP contribution in [0, 0.1) is 0 Å². The second kappa shape index (κ2) is 4.83. The number of fused-ring (bicyclic) bond motifs is 1. The SMILES string of the molecule is CC(=O)OC1Cc2ccccc2CC=C1Br. The topological polar surface area (TPSA) is 26.3 Å². The molecule has 3 heteroatoms. The zero-order valence-electron chi connectivity index (χ0n) is 9.07. The molecule has 1 unspecified atom stereocenters. The van der Waals surface area contributed by atoms with Crippen molar-refractivity contribution < 1.29 is 9.53 Å². The van der Waals surface area contributed by atoms with E-state index in [4.69, 9.17) is 4.74 Å². The molecular weight excluding hydrogens is 268 g/mol. The lowest BCUT2D eigenvalue weighted by molar-refractivity contribution is -0.144. The van der Waals surface area contributed by atoms with Gasteiger partial charge in [0.1, 0.15) is 6.10 Å². The van der Waals surface area contributed by atoms with Crippen molar-refractivity contribution in [2.24, 2.45) is 0 Å². The van der Waals surface area contributed by atoms with E-state index in [1.165, 1.54) is 18.1 Å². The molecule has 0 aliphatic heterocycles. The first kappa shape index (κ1) is 11.4. The van der Waals surface area contributed by atoms with Crippen LogP contribution in [0.25, 0.3) is 0 Å². The maximum absolute atomic E-state index is 11.0. The van der Waals surface area contributed by atoms with Crippen molar-refractivity contribution in [1.82, 2.24) is 0 Å². The summed E-state index contributed by atoms with van der Waals surface area (Å²) < 4.78 is 6.24. The Bertz CT molecular complexity index is 437. The molecule has 0 aromatic heterocycles. The van der Waals surface area contributed by atoms with Gasteiger partial charge in [0.2, 0.25) is 0 Å². The molecule has 0 N–H and O–H groups in total. The van der Waals surface area contributed by atoms with Crippen molar-refractivity contribution in [1.29, 1.82) is 0 Å². The van der Waals surface area contributed by atoms with Crippen LogP contribution in [0.5, 0.6) is 0 Å². The molecule has 1 aromatic carbocycles. The monoisotopic (exact) mass is 280 g/mol. The summed E-state index contributed by atoms with van der Waals surface area (Å²) in [6.45, 7) is 1.44. The largest absolute Gasteiger partial charge is 0.457 e. The number of esters is 1. The summed E-state index contributed by atoms with van der Waals surface area (Å²) >= 11 is 3.48. The van der Waals surface area contributed by atoms with Crippen LogP contribution in [0.15, 0.2) is 34.8 Å².